The molecule has 0 aromatic heterocycles. The summed E-state index contributed by atoms with van der Waals surface area (Å²) in [5.74, 6) is 2.79. The van der Waals surface area contributed by atoms with Crippen molar-refractivity contribution < 1.29 is 5.21 Å². The Morgan fingerprint density at radius 2 is 1.39 bits per heavy atom. The quantitative estimate of drug-likeness (QED) is 0.347. The Labute approximate surface area is 111 Å². The van der Waals surface area contributed by atoms with Crippen LogP contribution in [0, 0.1) is 17.8 Å². The number of oxime groups is 1. The highest BCUT2D eigenvalue weighted by atomic mass is 16.4. The van der Waals surface area contributed by atoms with E-state index in [0.717, 1.165) is 17.7 Å². The lowest BCUT2D eigenvalue weighted by Gasteiger charge is -2.37. The molecule has 2 rings (SSSR count). The zero-order valence-electron chi connectivity index (χ0n) is 11.7. The number of rotatable bonds is 3. The predicted molar refractivity (Wildman–Crippen MR) is 74.9 cm³/mol. The van der Waals surface area contributed by atoms with Gasteiger partial charge in [0.15, 0.2) is 0 Å². The molecule has 2 N–H and O–H groups in total. The molecule has 2 aliphatic carbocycles. The van der Waals surface area contributed by atoms with Crippen molar-refractivity contribution in [2.45, 2.75) is 64.2 Å². The van der Waals surface area contributed by atoms with Crippen molar-refractivity contribution in [1.29, 1.82) is 0 Å². The van der Waals surface area contributed by atoms with Crippen LogP contribution in [0.15, 0.2) is 5.16 Å². The van der Waals surface area contributed by atoms with Crippen LogP contribution in [0.5, 0.6) is 0 Å². The molecule has 2 fully saturated rings. The summed E-state index contributed by atoms with van der Waals surface area (Å²) in [6.45, 7) is 0. The molecule has 0 atom stereocenters. The predicted octanol–water partition coefficient (Wildman–Crippen LogP) is 3.77. The van der Waals surface area contributed by atoms with Crippen molar-refractivity contribution in [3.63, 3.8) is 0 Å². The summed E-state index contributed by atoms with van der Waals surface area (Å²) in [4.78, 5) is 0. The molecule has 3 nitrogen and oxygen atoms in total. The summed E-state index contributed by atoms with van der Waals surface area (Å²) in [5.41, 5.74) is 0. The van der Waals surface area contributed by atoms with Crippen LogP contribution in [-0.2, 0) is 0 Å². The van der Waals surface area contributed by atoms with Gasteiger partial charge in [0.2, 0.25) is 0 Å². The van der Waals surface area contributed by atoms with Crippen LogP contribution in [0.2, 0.25) is 0 Å². The van der Waals surface area contributed by atoms with Crippen LogP contribution in [-0.4, -0.2) is 18.1 Å². The second kappa shape index (κ2) is 7.01. The fraction of sp³-hybridized carbons (Fsp3) is 0.933. The van der Waals surface area contributed by atoms with Crippen LogP contribution in [0.1, 0.15) is 64.2 Å². The number of nitrogens with one attached hydrogen (secondary N) is 1. The van der Waals surface area contributed by atoms with E-state index in [0.29, 0.717) is 5.92 Å². The van der Waals surface area contributed by atoms with Gasteiger partial charge in [-0.2, -0.15) is 0 Å². The van der Waals surface area contributed by atoms with Gasteiger partial charge in [0.1, 0.15) is 5.84 Å². The SMILES string of the molecule is CNC(=NO)C(C1CCCCC1)C1CCCCC1. The second-order valence-electron chi connectivity index (χ2n) is 6.06. The van der Waals surface area contributed by atoms with Crippen molar-refractivity contribution in [3.05, 3.63) is 0 Å². The van der Waals surface area contributed by atoms with E-state index in [4.69, 9.17) is 0 Å². The van der Waals surface area contributed by atoms with E-state index < -0.39 is 0 Å². The van der Waals surface area contributed by atoms with Gasteiger partial charge in [-0.25, -0.2) is 0 Å². The number of nitrogens with zero attached hydrogens (tertiary/aromatic N) is 1. The topological polar surface area (TPSA) is 44.6 Å². The second-order valence-corrected chi connectivity index (χ2v) is 6.06. The molecule has 3 heteroatoms. The molecule has 104 valence electrons. The van der Waals surface area contributed by atoms with Crippen molar-refractivity contribution >= 4 is 5.84 Å². The lowest BCUT2D eigenvalue weighted by molar-refractivity contribution is 0.186. The van der Waals surface area contributed by atoms with Gasteiger partial charge in [-0.05, 0) is 37.5 Å². The first kappa shape index (κ1) is 13.7. The Morgan fingerprint density at radius 3 is 1.72 bits per heavy atom. The zero-order chi connectivity index (χ0) is 12.8. The first-order valence-electron chi connectivity index (χ1n) is 7.76. The molecule has 0 spiro atoms. The van der Waals surface area contributed by atoms with E-state index in [9.17, 15) is 5.21 Å². The number of amidine groups is 1. The third-order valence-corrected chi connectivity index (χ3v) is 5.00. The summed E-state index contributed by atoms with van der Waals surface area (Å²) < 4.78 is 0. The average Bonchev–Trinajstić information content (AvgIpc) is 2.46. The molecule has 2 saturated carbocycles. The van der Waals surface area contributed by atoms with E-state index in [-0.39, 0.29) is 0 Å². The molecule has 0 bridgehead atoms. The van der Waals surface area contributed by atoms with Crippen LogP contribution in [0.25, 0.3) is 0 Å². The van der Waals surface area contributed by atoms with Crippen LogP contribution in [0.4, 0.5) is 0 Å². The van der Waals surface area contributed by atoms with Gasteiger partial charge in [-0.15, -0.1) is 0 Å². The molecule has 0 radical (unpaired) electrons. The minimum absolute atomic E-state index is 0.473. The molecule has 0 aromatic rings. The molecular formula is C15H28N2O. The van der Waals surface area contributed by atoms with Crippen LogP contribution >= 0.6 is 0 Å². The van der Waals surface area contributed by atoms with Gasteiger partial charge in [0, 0.05) is 13.0 Å². The number of hydrogen-bond acceptors (Lipinski definition) is 2. The lowest BCUT2D eigenvalue weighted by atomic mass is 9.69. The summed E-state index contributed by atoms with van der Waals surface area (Å²) in [6.07, 6.45) is 13.5. The molecule has 0 amide bonds. The fourth-order valence-electron chi connectivity index (χ4n) is 4.10. The lowest BCUT2D eigenvalue weighted by Crippen LogP contribution is -2.39. The van der Waals surface area contributed by atoms with E-state index in [1.807, 2.05) is 7.05 Å². The fourth-order valence-corrected chi connectivity index (χ4v) is 4.10. The van der Waals surface area contributed by atoms with Crippen molar-refractivity contribution in [1.82, 2.24) is 5.32 Å². The Balaban J connectivity index is 2.09. The van der Waals surface area contributed by atoms with E-state index >= 15 is 0 Å². The van der Waals surface area contributed by atoms with E-state index in [1.54, 1.807) is 0 Å². The van der Waals surface area contributed by atoms with Gasteiger partial charge < -0.3 is 10.5 Å². The standard InChI is InChI=1S/C15H28N2O/c1-16-15(17-18)14(12-8-4-2-5-9-12)13-10-6-3-7-11-13/h12-14,18H,2-11H2,1H3,(H,16,17). The average molecular weight is 252 g/mol. The summed E-state index contributed by atoms with van der Waals surface area (Å²) in [7, 11) is 1.90. The van der Waals surface area contributed by atoms with Gasteiger partial charge in [-0.3, -0.25) is 0 Å². The Kier molecular flexibility index (Phi) is 5.33. The highest BCUT2D eigenvalue weighted by molar-refractivity contribution is 5.84. The van der Waals surface area contributed by atoms with Gasteiger partial charge >= 0.3 is 0 Å². The maximum absolute atomic E-state index is 9.28. The molecule has 0 unspecified atom stereocenters. The summed E-state index contributed by atoms with van der Waals surface area (Å²) >= 11 is 0. The minimum Gasteiger partial charge on any atom is -0.409 e. The van der Waals surface area contributed by atoms with Crippen LogP contribution in [0.3, 0.4) is 0 Å². The molecule has 18 heavy (non-hydrogen) atoms. The van der Waals surface area contributed by atoms with E-state index in [2.05, 4.69) is 10.5 Å². The Bertz CT molecular complexity index is 248. The van der Waals surface area contributed by atoms with E-state index in [1.165, 1.54) is 64.2 Å². The molecule has 0 saturated heterocycles. The Morgan fingerprint density at radius 1 is 0.944 bits per heavy atom. The third-order valence-electron chi connectivity index (χ3n) is 5.00. The smallest absolute Gasteiger partial charge is 0.145 e. The zero-order valence-corrected chi connectivity index (χ0v) is 11.7. The largest absolute Gasteiger partial charge is 0.409 e. The van der Waals surface area contributed by atoms with Gasteiger partial charge in [-0.1, -0.05) is 43.7 Å². The van der Waals surface area contributed by atoms with Crippen molar-refractivity contribution in [2.24, 2.45) is 22.9 Å². The maximum atomic E-state index is 9.28. The minimum atomic E-state index is 0.473. The molecular weight excluding hydrogens is 224 g/mol. The van der Waals surface area contributed by atoms with Crippen LogP contribution < -0.4 is 5.32 Å². The summed E-state index contributed by atoms with van der Waals surface area (Å²) in [6, 6.07) is 0. The monoisotopic (exact) mass is 252 g/mol. The molecule has 0 heterocycles. The number of hydrogen-bond donors (Lipinski definition) is 2. The normalized spacial score (nSPS) is 24.4. The molecule has 0 aliphatic heterocycles. The summed E-state index contributed by atoms with van der Waals surface area (Å²) in [5, 5.41) is 16.0. The van der Waals surface area contributed by atoms with Crippen molar-refractivity contribution in [3.8, 4) is 0 Å². The third kappa shape index (κ3) is 3.18. The Hall–Kier alpha value is -0.730. The highest BCUT2D eigenvalue weighted by Crippen LogP contribution is 2.40. The molecule has 0 aromatic carbocycles. The first-order valence-corrected chi connectivity index (χ1v) is 7.76. The first-order chi connectivity index (χ1) is 8.86. The van der Waals surface area contributed by atoms with Gasteiger partial charge in [0.05, 0.1) is 0 Å². The highest BCUT2D eigenvalue weighted by Gasteiger charge is 2.34. The van der Waals surface area contributed by atoms with Crippen molar-refractivity contribution in [2.75, 3.05) is 7.05 Å². The van der Waals surface area contributed by atoms with Gasteiger partial charge in [0.25, 0.3) is 0 Å². The molecule has 2 aliphatic rings. The maximum Gasteiger partial charge on any atom is 0.145 e.